The van der Waals surface area contributed by atoms with Crippen LogP contribution in [-0.2, 0) is 11.3 Å². The molecule has 1 heterocycles. The van der Waals surface area contributed by atoms with Crippen LogP contribution in [0.5, 0.6) is 5.75 Å². The zero-order valence-corrected chi connectivity index (χ0v) is 15.7. The third-order valence-corrected chi connectivity index (χ3v) is 5.07. The molecule has 0 atom stereocenters. The molecule has 0 spiro atoms. The van der Waals surface area contributed by atoms with Crippen LogP contribution in [0, 0.1) is 0 Å². The van der Waals surface area contributed by atoms with Crippen LogP contribution in [0.3, 0.4) is 0 Å². The van der Waals surface area contributed by atoms with Crippen molar-refractivity contribution in [3.05, 3.63) is 29.8 Å². The van der Waals surface area contributed by atoms with E-state index in [9.17, 15) is 0 Å². The molecule has 6 nitrogen and oxygen atoms in total. The van der Waals surface area contributed by atoms with Gasteiger partial charge in [0, 0.05) is 25.7 Å². The SMILES string of the molecule is NC(=NCc1cccc(OCCN2CCOCC2)c1)NC1CCCCC1. The lowest BCUT2D eigenvalue weighted by atomic mass is 9.96. The van der Waals surface area contributed by atoms with Gasteiger partial charge in [0.1, 0.15) is 12.4 Å². The topological polar surface area (TPSA) is 72.1 Å². The fourth-order valence-electron chi connectivity index (χ4n) is 3.53. The lowest BCUT2D eigenvalue weighted by molar-refractivity contribution is 0.0322. The highest BCUT2D eigenvalue weighted by molar-refractivity contribution is 5.78. The van der Waals surface area contributed by atoms with Gasteiger partial charge in [-0.3, -0.25) is 4.90 Å². The average Bonchev–Trinajstić information content (AvgIpc) is 2.68. The molecular weight excluding hydrogens is 328 g/mol. The van der Waals surface area contributed by atoms with Crippen molar-refractivity contribution in [1.82, 2.24) is 10.2 Å². The fraction of sp³-hybridized carbons (Fsp3) is 0.650. The highest BCUT2D eigenvalue weighted by atomic mass is 16.5. The summed E-state index contributed by atoms with van der Waals surface area (Å²) in [4.78, 5) is 6.86. The van der Waals surface area contributed by atoms with E-state index < -0.39 is 0 Å². The van der Waals surface area contributed by atoms with Gasteiger partial charge in [-0.1, -0.05) is 31.4 Å². The van der Waals surface area contributed by atoms with Crippen LogP contribution in [0.1, 0.15) is 37.7 Å². The Hall–Kier alpha value is -1.79. The minimum absolute atomic E-state index is 0.488. The van der Waals surface area contributed by atoms with Gasteiger partial charge < -0.3 is 20.5 Å². The molecule has 2 fully saturated rings. The minimum atomic E-state index is 0.488. The number of aliphatic imine (C=N–C) groups is 1. The second-order valence-electron chi connectivity index (χ2n) is 7.13. The number of hydrogen-bond acceptors (Lipinski definition) is 4. The molecule has 1 aromatic carbocycles. The van der Waals surface area contributed by atoms with E-state index in [0.29, 0.717) is 25.2 Å². The first-order chi connectivity index (χ1) is 12.8. The van der Waals surface area contributed by atoms with E-state index in [1.807, 2.05) is 12.1 Å². The Morgan fingerprint density at radius 3 is 2.85 bits per heavy atom. The summed E-state index contributed by atoms with van der Waals surface area (Å²) in [5, 5.41) is 3.36. The van der Waals surface area contributed by atoms with Crippen molar-refractivity contribution < 1.29 is 9.47 Å². The molecule has 144 valence electrons. The van der Waals surface area contributed by atoms with E-state index in [-0.39, 0.29) is 0 Å². The molecule has 6 heteroatoms. The van der Waals surface area contributed by atoms with Crippen molar-refractivity contribution in [2.45, 2.75) is 44.7 Å². The second kappa shape index (κ2) is 10.4. The molecule has 1 saturated heterocycles. The second-order valence-corrected chi connectivity index (χ2v) is 7.13. The van der Waals surface area contributed by atoms with Crippen molar-refractivity contribution >= 4 is 5.96 Å². The van der Waals surface area contributed by atoms with Crippen molar-refractivity contribution in [1.29, 1.82) is 0 Å². The monoisotopic (exact) mass is 360 g/mol. The van der Waals surface area contributed by atoms with Gasteiger partial charge in [-0.05, 0) is 30.5 Å². The standard InChI is InChI=1S/C20H32N4O2/c21-20(23-18-6-2-1-3-7-18)22-16-17-5-4-8-19(15-17)26-14-11-24-9-12-25-13-10-24/h4-5,8,15,18H,1-3,6-7,9-14,16H2,(H3,21,22,23). The van der Waals surface area contributed by atoms with Gasteiger partial charge in [0.15, 0.2) is 5.96 Å². The summed E-state index contributed by atoms with van der Waals surface area (Å²) < 4.78 is 11.3. The Bertz CT molecular complexity index is 567. The van der Waals surface area contributed by atoms with E-state index in [1.165, 1.54) is 32.1 Å². The molecule has 2 aliphatic rings. The van der Waals surface area contributed by atoms with Gasteiger partial charge in [0.2, 0.25) is 0 Å². The maximum Gasteiger partial charge on any atom is 0.189 e. The van der Waals surface area contributed by atoms with Crippen LogP contribution in [0.25, 0.3) is 0 Å². The summed E-state index contributed by atoms with van der Waals surface area (Å²) in [6.45, 7) is 5.83. The van der Waals surface area contributed by atoms with E-state index in [0.717, 1.165) is 44.2 Å². The van der Waals surface area contributed by atoms with E-state index >= 15 is 0 Å². The van der Waals surface area contributed by atoms with Crippen molar-refractivity contribution in [2.24, 2.45) is 10.7 Å². The lowest BCUT2D eigenvalue weighted by Gasteiger charge is -2.26. The number of guanidine groups is 1. The third-order valence-electron chi connectivity index (χ3n) is 5.07. The summed E-state index contributed by atoms with van der Waals surface area (Å²) in [7, 11) is 0. The Labute approximate surface area is 156 Å². The number of nitrogens with zero attached hydrogens (tertiary/aromatic N) is 2. The Kier molecular flexibility index (Phi) is 7.58. The smallest absolute Gasteiger partial charge is 0.189 e. The number of rotatable bonds is 7. The minimum Gasteiger partial charge on any atom is -0.492 e. The Balaban J connectivity index is 1.41. The van der Waals surface area contributed by atoms with Crippen LogP contribution in [-0.4, -0.2) is 56.4 Å². The number of nitrogens with two attached hydrogens (primary N) is 1. The first-order valence-electron chi connectivity index (χ1n) is 9.88. The Morgan fingerprint density at radius 1 is 1.23 bits per heavy atom. The highest BCUT2D eigenvalue weighted by Gasteiger charge is 2.13. The van der Waals surface area contributed by atoms with Crippen molar-refractivity contribution in [2.75, 3.05) is 39.5 Å². The predicted octanol–water partition coefficient (Wildman–Crippen LogP) is 2.13. The molecule has 0 aromatic heterocycles. The summed E-state index contributed by atoms with van der Waals surface area (Å²) >= 11 is 0. The fourth-order valence-corrected chi connectivity index (χ4v) is 3.53. The van der Waals surface area contributed by atoms with Crippen LogP contribution < -0.4 is 15.8 Å². The van der Waals surface area contributed by atoms with E-state index in [4.69, 9.17) is 15.2 Å². The molecule has 1 aliphatic heterocycles. The maximum absolute atomic E-state index is 6.05. The van der Waals surface area contributed by atoms with Crippen molar-refractivity contribution in [3.63, 3.8) is 0 Å². The normalized spacial score (nSPS) is 20.1. The van der Waals surface area contributed by atoms with Gasteiger partial charge in [-0.2, -0.15) is 0 Å². The lowest BCUT2D eigenvalue weighted by Crippen LogP contribution is -2.41. The van der Waals surface area contributed by atoms with Crippen LogP contribution in [0.15, 0.2) is 29.3 Å². The van der Waals surface area contributed by atoms with Crippen LogP contribution in [0.4, 0.5) is 0 Å². The number of hydrogen-bond donors (Lipinski definition) is 2. The molecule has 0 radical (unpaired) electrons. The van der Waals surface area contributed by atoms with Gasteiger partial charge in [-0.25, -0.2) is 4.99 Å². The molecular formula is C20H32N4O2. The molecule has 0 bridgehead atoms. The first kappa shape index (κ1) is 19.0. The molecule has 0 unspecified atom stereocenters. The molecule has 0 amide bonds. The van der Waals surface area contributed by atoms with Crippen molar-refractivity contribution in [3.8, 4) is 5.75 Å². The maximum atomic E-state index is 6.05. The van der Waals surface area contributed by atoms with E-state index in [2.05, 4.69) is 27.3 Å². The molecule has 1 aliphatic carbocycles. The van der Waals surface area contributed by atoms with Gasteiger partial charge in [-0.15, -0.1) is 0 Å². The average molecular weight is 361 g/mol. The quantitative estimate of drug-likeness (QED) is 0.576. The van der Waals surface area contributed by atoms with Gasteiger partial charge in [0.25, 0.3) is 0 Å². The molecule has 1 saturated carbocycles. The highest BCUT2D eigenvalue weighted by Crippen LogP contribution is 2.17. The zero-order valence-electron chi connectivity index (χ0n) is 15.7. The largest absolute Gasteiger partial charge is 0.492 e. The molecule has 3 rings (SSSR count). The summed E-state index contributed by atoms with van der Waals surface area (Å²) in [5.74, 6) is 1.44. The third kappa shape index (κ3) is 6.50. The molecule has 26 heavy (non-hydrogen) atoms. The Morgan fingerprint density at radius 2 is 2.04 bits per heavy atom. The predicted molar refractivity (Wildman–Crippen MR) is 105 cm³/mol. The van der Waals surface area contributed by atoms with E-state index in [1.54, 1.807) is 0 Å². The van der Waals surface area contributed by atoms with Crippen LogP contribution >= 0.6 is 0 Å². The number of ether oxygens (including phenoxy) is 2. The van der Waals surface area contributed by atoms with Gasteiger partial charge in [0.05, 0.1) is 19.8 Å². The number of benzene rings is 1. The summed E-state index contributed by atoms with van der Waals surface area (Å²) in [5.41, 5.74) is 7.16. The summed E-state index contributed by atoms with van der Waals surface area (Å²) in [6.07, 6.45) is 6.31. The van der Waals surface area contributed by atoms with Gasteiger partial charge >= 0.3 is 0 Å². The number of nitrogens with one attached hydrogen (secondary N) is 1. The molecule has 3 N–H and O–H groups in total. The zero-order chi connectivity index (χ0) is 18.0. The summed E-state index contributed by atoms with van der Waals surface area (Å²) in [6, 6.07) is 8.61. The molecule has 1 aromatic rings. The van der Waals surface area contributed by atoms with Crippen LogP contribution in [0.2, 0.25) is 0 Å². The number of morpholine rings is 1. The first-order valence-corrected chi connectivity index (χ1v) is 9.88.